The van der Waals surface area contributed by atoms with Crippen molar-refractivity contribution in [2.45, 2.75) is 13.0 Å². The molecule has 0 aliphatic carbocycles. The Morgan fingerprint density at radius 3 is 2.92 bits per heavy atom. The molecule has 13 heavy (non-hydrogen) atoms. The van der Waals surface area contributed by atoms with Crippen molar-refractivity contribution in [3.8, 4) is 0 Å². The lowest BCUT2D eigenvalue weighted by atomic mass is 10.3. The molecule has 0 amide bonds. The summed E-state index contributed by atoms with van der Waals surface area (Å²) in [5, 5.41) is 0. The number of aromatic nitrogens is 2. The second-order valence-electron chi connectivity index (χ2n) is 3.07. The maximum absolute atomic E-state index is 5.74. The Morgan fingerprint density at radius 2 is 2.23 bits per heavy atom. The van der Waals surface area contributed by atoms with Crippen LogP contribution >= 0.6 is 22.6 Å². The van der Waals surface area contributed by atoms with Crippen LogP contribution in [0.25, 0.3) is 5.65 Å². The Hall–Kier alpha value is -0.620. The van der Waals surface area contributed by atoms with E-state index in [-0.39, 0.29) is 6.04 Å². The molecule has 0 spiro atoms. The predicted octanol–water partition coefficient (Wildman–Crippen LogP) is 1.96. The van der Waals surface area contributed by atoms with E-state index in [4.69, 9.17) is 5.73 Å². The molecule has 1 unspecified atom stereocenters. The van der Waals surface area contributed by atoms with Gasteiger partial charge in [0.1, 0.15) is 5.65 Å². The first-order chi connectivity index (χ1) is 6.16. The van der Waals surface area contributed by atoms with Crippen molar-refractivity contribution < 1.29 is 0 Å². The predicted molar refractivity (Wildman–Crippen MR) is 60.5 cm³/mol. The third-order valence-corrected chi connectivity index (χ3v) is 2.54. The fourth-order valence-electron chi connectivity index (χ4n) is 1.20. The average Bonchev–Trinajstić information content (AvgIpc) is 2.46. The summed E-state index contributed by atoms with van der Waals surface area (Å²) in [5.74, 6) is 0. The fourth-order valence-corrected chi connectivity index (χ4v) is 1.68. The molecule has 0 aliphatic rings. The molecular weight excluding hydrogens is 277 g/mol. The molecule has 0 saturated carbocycles. The number of nitrogens with zero attached hydrogens (tertiary/aromatic N) is 2. The minimum atomic E-state index is -0.00226. The number of imidazole rings is 1. The van der Waals surface area contributed by atoms with E-state index in [0.717, 1.165) is 11.3 Å². The van der Waals surface area contributed by atoms with Crippen LogP contribution in [0.15, 0.2) is 24.5 Å². The van der Waals surface area contributed by atoms with Crippen molar-refractivity contribution in [3.05, 3.63) is 33.8 Å². The average molecular weight is 287 g/mol. The van der Waals surface area contributed by atoms with Gasteiger partial charge in [0.25, 0.3) is 0 Å². The molecule has 2 aromatic heterocycles. The highest BCUT2D eigenvalue weighted by molar-refractivity contribution is 14.1. The van der Waals surface area contributed by atoms with Gasteiger partial charge in [-0.15, -0.1) is 0 Å². The summed E-state index contributed by atoms with van der Waals surface area (Å²) >= 11 is 2.27. The maximum atomic E-state index is 5.74. The highest BCUT2D eigenvalue weighted by atomic mass is 127. The minimum Gasteiger partial charge on any atom is -0.323 e. The number of pyridine rings is 1. The highest BCUT2D eigenvalue weighted by Crippen LogP contribution is 2.12. The standard InChI is InChI=1S/C9H10IN3/c1-6(11)8-5-13-4-7(10)2-3-9(13)12-8/h2-6H,11H2,1H3. The van der Waals surface area contributed by atoms with Crippen LogP contribution in [0.2, 0.25) is 0 Å². The van der Waals surface area contributed by atoms with Gasteiger partial charge in [-0.1, -0.05) is 0 Å². The Balaban J connectivity index is 2.62. The summed E-state index contributed by atoms with van der Waals surface area (Å²) in [6.45, 7) is 1.94. The van der Waals surface area contributed by atoms with Gasteiger partial charge in [0.15, 0.2) is 0 Å². The van der Waals surface area contributed by atoms with Crippen LogP contribution in [-0.2, 0) is 0 Å². The molecule has 2 heterocycles. The van der Waals surface area contributed by atoms with Crippen LogP contribution in [-0.4, -0.2) is 9.38 Å². The highest BCUT2D eigenvalue weighted by Gasteiger charge is 2.04. The lowest BCUT2D eigenvalue weighted by molar-refractivity contribution is 0.790. The van der Waals surface area contributed by atoms with Crippen molar-refractivity contribution in [2.24, 2.45) is 5.73 Å². The number of hydrogen-bond donors (Lipinski definition) is 1. The van der Waals surface area contributed by atoms with E-state index in [1.54, 1.807) is 0 Å². The van der Waals surface area contributed by atoms with E-state index in [1.807, 2.05) is 35.9 Å². The van der Waals surface area contributed by atoms with Gasteiger partial charge >= 0.3 is 0 Å². The molecule has 2 N–H and O–H groups in total. The number of halogens is 1. The zero-order valence-corrected chi connectivity index (χ0v) is 9.39. The van der Waals surface area contributed by atoms with E-state index in [1.165, 1.54) is 3.57 Å². The molecule has 4 heteroatoms. The van der Waals surface area contributed by atoms with Crippen LogP contribution in [0.4, 0.5) is 0 Å². The van der Waals surface area contributed by atoms with Crippen LogP contribution in [0.1, 0.15) is 18.7 Å². The molecule has 0 saturated heterocycles. The Morgan fingerprint density at radius 1 is 1.46 bits per heavy atom. The Bertz CT molecular complexity index is 433. The van der Waals surface area contributed by atoms with Crippen molar-refractivity contribution in [2.75, 3.05) is 0 Å². The lowest BCUT2D eigenvalue weighted by Crippen LogP contribution is -2.04. The van der Waals surface area contributed by atoms with Gasteiger partial charge in [-0.3, -0.25) is 0 Å². The van der Waals surface area contributed by atoms with Gasteiger partial charge in [-0.2, -0.15) is 0 Å². The van der Waals surface area contributed by atoms with E-state index < -0.39 is 0 Å². The molecule has 0 aliphatic heterocycles. The van der Waals surface area contributed by atoms with Gasteiger partial charge in [0, 0.05) is 22.0 Å². The van der Waals surface area contributed by atoms with Crippen LogP contribution < -0.4 is 5.73 Å². The first kappa shape index (κ1) is 8.96. The first-order valence-corrected chi connectivity index (χ1v) is 5.14. The van der Waals surface area contributed by atoms with Gasteiger partial charge < -0.3 is 10.1 Å². The molecule has 2 aromatic rings. The van der Waals surface area contributed by atoms with Gasteiger partial charge in [-0.05, 0) is 41.6 Å². The number of fused-ring (bicyclic) bond motifs is 1. The van der Waals surface area contributed by atoms with E-state index in [0.29, 0.717) is 0 Å². The number of nitrogens with two attached hydrogens (primary N) is 1. The van der Waals surface area contributed by atoms with E-state index >= 15 is 0 Å². The van der Waals surface area contributed by atoms with Crippen molar-refractivity contribution in [1.82, 2.24) is 9.38 Å². The molecule has 68 valence electrons. The lowest BCUT2D eigenvalue weighted by Gasteiger charge is -1.95. The van der Waals surface area contributed by atoms with E-state index in [2.05, 4.69) is 27.6 Å². The van der Waals surface area contributed by atoms with Crippen molar-refractivity contribution in [3.63, 3.8) is 0 Å². The molecule has 0 aromatic carbocycles. The quantitative estimate of drug-likeness (QED) is 0.815. The summed E-state index contributed by atoms with van der Waals surface area (Å²) < 4.78 is 3.19. The summed E-state index contributed by atoms with van der Waals surface area (Å²) in [4.78, 5) is 4.39. The molecule has 0 bridgehead atoms. The molecular formula is C9H10IN3. The van der Waals surface area contributed by atoms with Crippen molar-refractivity contribution in [1.29, 1.82) is 0 Å². The monoisotopic (exact) mass is 287 g/mol. The largest absolute Gasteiger partial charge is 0.323 e. The summed E-state index contributed by atoms with van der Waals surface area (Å²) in [6.07, 6.45) is 4.01. The summed E-state index contributed by atoms with van der Waals surface area (Å²) in [5.41, 5.74) is 7.62. The zero-order valence-electron chi connectivity index (χ0n) is 7.24. The third-order valence-electron chi connectivity index (χ3n) is 1.90. The maximum Gasteiger partial charge on any atom is 0.137 e. The summed E-state index contributed by atoms with van der Waals surface area (Å²) in [6, 6.07) is 4.03. The minimum absolute atomic E-state index is 0.00226. The third kappa shape index (κ3) is 1.68. The van der Waals surface area contributed by atoms with Crippen molar-refractivity contribution >= 4 is 28.2 Å². The molecule has 0 radical (unpaired) electrons. The van der Waals surface area contributed by atoms with Crippen LogP contribution in [0.5, 0.6) is 0 Å². The molecule has 0 fully saturated rings. The molecule has 2 rings (SSSR count). The first-order valence-electron chi connectivity index (χ1n) is 4.06. The SMILES string of the molecule is CC(N)c1cn2cc(I)ccc2n1. The molecule has 1 atom stereocenters. The summed E-state index contributed by atoms with van der Waals surface area (Å²) in [7, 11) is 0. The van der Waals surface area contributed by atoms with Gasteiger partial charge in [-0.25, -0.2) is 4.98 Å². The second kappa shape index (κ2) is 3.26. The number of rotatable bonds is 1. The Kier molecular flexibility index (Phi) is 2.25. The fraction of sp³-hybridized carbons (Fsp3) is 0.222. The van der Waals surface area contributed by atoms with Crippen LogP contribution in [0.3, 0.4) is 0 Å². The molecule has 3 nitrogen and oxygen atoms in total. The van der Waals surface area contributed by atoms with Gasteiger partial charge in [0.05, 0.1) is 5.69 Å². The smallest absolute Gasteiger partial charge is 0.137 e. The topological polar surface area (TPSA) is 43.3 Å². The van der Waals surface area contributed by atoms with E-state index in [9.17, 15) is 0 Å². The normalized spacial score (nSPS) is 13.5. The van der Waals surface area contributed by atoms with Gasteiger partial charge in [0.2, 0.25) is 0 Å². The second-order valence-corrected chi connectivity index (χ2v) is 4.31. The van der Waals surface area contributed by atoms with Crippen LogP contribution in [0, 0.1) is 3.57 Å². The Labute approximate surface area is 90.1 Å². The number of hydrogen-bond acceptors (Lipinski definition) is 2. The zero-order chi connectivity index (χ0) is 9.42.